The van der Waals surface area contributed by atoms with E-state index in [2.05, 4.69) is 9.55 Å². The number of fused-ring (bicyclic) bond motifs is 1. The van der Waals surface area contributed by atoms with Gasteiger partial charge in [0.25, 0.3) is 5.56 Å². The lowest BCUT2D eigenvalue weighted by Gasteiger charge is -2.23. The second kappa shape index (κ2) is 7.05. The highest BCUT2D eigenvalue weighted by molar-refractivity contribution is 5.81. The molecule has 1 fully saturated rings. The summed E-state index contributed by atoms with van der Waals surface area (Å²) in [7, 11) is 0. The molecule has 0 spiro atoms. The minimum atomic E-state index is -0.0836. The van der Waals surface area contributed by atoms with Crippen LogP contribution in [0.25, 0.3) is 22.4 Å². The highest BCUT2D eigenvalue weighted by Crippen LogP contribution is 2.28. The third-order valence-corrected chi connectivity index (χ3v) is 5.04. The van der Waals surface area contributed by atoms with Gasteiger partial charge in [0.2, 0.25) is 0 Å². The summed E-state index contributed by atoms with van der Waals surface area (Å²) < 4.78 is 7.86. The third-order valence-electron chi connectivity index (χ3n) is 5.04. The van der Waals surface area contributed by atoms with Gasteiger partial charge in [0.05, 0.1) is 24.2 Å². The Kier molecular flexibility index (Phi) is 4.61. The van der Waals surface area contributed by atoms with Gasteiger partial charge < -0.3 is 19.4 Å². The smallest absolute Gasteiger partial charge is 0.250 e. The molecule has 6 nitrogen and oxygen atoms in total. The number of nitrogens with one attached hydrogen (secondary N) is 1. The molecule has 0 radical (unpaired) electrons. The van der Waals surface area contributed by atoms with Crippen LogP contribution in [-0.4, -0.2) is 32.9 Å². The van der Waals surface area contributed by atoms with Gasteiger partial charge in [-0.25, -0.2) is 4.98 Å². The van der Waals surface area contributed by atoms with Crippen LogP contribution in [0, 0.1) is 12.8 Å². The van der Waals surface area contributed by atoms with Crippen molar-refractivity contribution in [2.24, 2.45) is 5.92 Å². The number of hydrogen-bond donors (Lipinski definition) is 2. The number of ether oxygens (including phenoxy) is 1. The Bertz CT molecular complexity index is 984. The van der Waals surface area contributed by atoms with Gasteiger partial charge in [-0.15, -0.1) is 0 Å². The third kappa shape index (κ3) is 3.18. The summed E-state index contributed by atoms with van der Waals surface area (Å²) >= 11 is 0. The van der Waals surface area contributed by atoms with Crippen LogP contribution in [0.5, 0.6) is 0 Å². The van der Waals surface area contributed by atoms with E-state index in [1.54, 1.807) is 13.1 Å². The first-order valence-corrected chi connectivity index (χ1v) is 9.03. The van der Waals surface area contributed by atoms with E-state index in [-0.39, 0.29) is 12.2 Å². The van der Waals surface area contributed by atoms with Crippen molar-refractivity contribution in [3.05, 3.63) is 51.9 Å². The topological polar surface area (TPSA) is 80.1 Å². The number of nitrogens with zero attached hydrogens (tertiary/aromatic N) is 2. The van der Waals surface area contributed by atoms with Crippen LogP contribution in [0.1, 0.15) is 24.0 Å². The minimum Gasteiger partial charge on any atom is -0.392 e. The average Bonchev–Trinajstić information content (AvgIpc) is 3.02. The van der Waals surface area contributed by atoms with Crippen LogP contribution in [0.2, 0.25) is 0 Å². The summed E-state index contributed by atoms with van der Waals surface area (Å²) in [5, 5.41) is 9.43. The summed E-state index contributed by atoms with van der Waals surface area (Å²) in [4.78, 5) is 19.3. The molecule has 2 aromatic heterocycles. The zero-order valence-electron chi connectivity index (χ0n) is 14.9. The van der Waals surface area contributed by atoms with Gasteiger partial charge >= 0.3 is 0 Å². The van der Waals surface area contributed by atoms with Crippen LogP contribution in [0.15, 0.2) is 35.3 Å². The van der Waals surface area contributed by atoms with E-state index in [0.717, 1.165) is 60.6 Å². The van der Waals surface area contributed by atoms with Crippen molar-refractivity contribution in [2.75, 3.05) is 13.2 Å². The molecule has 1 atom stereocenters. The molecule has 136 valence electrons. The van der Waals surface area contributed by atoms with Crippen LogP contribution >= 0.6 is 0 Å². The van der Waals surface area contributed by atoms with Crippen molar-refractivity contribution in [3.8, 4) is 11.4 Å². The van der Waals surface area contributed by atoms with Crippen LogP contribution in [-0.2, 0) is 17.9 Å². The maximum Gasteiger partial charge on any atom is 0.250 e. The summed E-state index contributed by atoms with van der Waals surface area (Å²) in [6, 6.07) is 7.74. The number of benzene rings is 1. The van der Waals surface area contributed by atoms with Crippen LogP contribution in [0.4, 0.5) is 0 Å². The fourth-order valence-corrected chi connectivity index (χ4v) is 3.62. The Morgan fingerprint density at radius 1 is 1.38 bits per heavy atom. The first kappa shape index (κ1) is 17.0. The molecule has 1 unspecified atom stereocenters. The van der Waals surface area contributed by atoms with Crippen molar-refractivity contribution < 1.29 is 9.84 Å². The largest absolute Gasteiger partial charge is 0.392 e. The molecule has 3 aromatic rings. The molecule has 3 heterocycles. The van der Waals surface area contributed by atoms with Gasteiger partial charge in [0.15, 0.2) is 0 Å². The number of imidazole rings is 1. The van der Waals surface area contributed by atoms with E-state index in [1.807, 2.05) is 24.3 Å². The molecule has 1 aliphatic heterocycles. The van der Waals surface area contributed by atoms with Crippen molar-refractivity contribution in [3.63, 3.8) is 0 Å². The number of aromatic nitrogens is 3. The maximum absolute atomic E-state index is 11.7. The number of aryl methyl sites for hydroxylation is 1. The van der Waals surface area contributed by atoms with E-state index < -0.39 is 0 Å². The zero-order chi connectivity index (χ0) is 18.1. The highest BCUT2D eigenvalue weighted by Gasteiger charge is 2.20. The lowest BCUT2D eigenvalue weighted by atomic mass is 10.0. The number of hydrogen-bond acceptors (Lipinski definition) is 4. The van der Waals surface area contributed by atoms with Gasteiger partial charge in [0.1, 0.15) is 5.82 Å². The number of pyridine rings is 1. The van der Waals surface area contributed by atoms with Crippen molar-refractivity contribution in [1.29, 1.82) is 0 Å². The quantitative estimate of drug-likeness (QED) is 0.756. The van der Waals surface area contributed by atoms with Crippen LogP contribution in [0.3, 0.4) is 0 Å². The zero-order valence-corrected chi connectivity index (χ0v) is 14.9. The van der Waals surface area contributed by atoms with E-state index in [9.17, 15) is 9.90 Å². The Hall–Kier alpha value is -2.44. The first-order valence-electron chi connectivity index (χ1n) is 9.03. The second-order valence-corrected chi connectivity index (χ2v) is 7.01. The molecule has 1 saturated heterocycles. The lowest BCUT2D eigenvalue weighted by Crippen LogP contribution is -2.22. The lowest BCUT2D eigenvalue weighted by molar-refractivity contribution is 0.0489. The molecule has 4 rings (SSSR count). The van der Waals surface area contributed by atoms with Gasteiger partial charge in [-0.3, -0.25) is 4.79 Å². The SMILES string of the molecule is Cc1cc(-c2nc3cc(CO)ccc3n2CC2CCCOC2)c[nH]c1=O. The molecule has 0 amide bonds. The molecule has 1 aromatic carbocycles. The van der Waals surface area contributed by atoms with E-state index in [0.29, 0.717) is 11.5 Å². The number of H-pyrrole nitrogens is 1. The molecule has 0 bridgehead atoms. The molecular formula is C20H23N3O3. The Balaban J connectivity index is 1.84. The molecule has 1 aliphatic rings. The molecular weight excluding hydrogens is 330 g/mol. The average molecular weight is 353 g/mol. The Morgan fingerprint density at radius 3 is 3.00 bits per heavy atom. The summed E-state index contributed by atoms with van der Waals surface area (Å²) in [5.41, 5.74) is 4.20. The molecule has 0 saturated carbocycles. The summed E-state index contributed by atoms with van der Waals surface area (Å²) in [6.45, 7) is 4.22. The van der Waals surface area contributed by atoms with E-state index in [1.165, 1.54) is 0 Å². The fourth-order valence-electron chi connectivity index (χ4n) is 3.62. The normalized spacial score (nSPS) is 17.7. The van der Waals surface area contributed by atoms with Gasteiger partial charge in [-0.05, 0) is 43.5 Å². The molecule has 6 heteroatoms. The molecule has 0 aliphatic carbocycles. The minimum absolute atomic E-state index is 0.00758. The van der Waals surface area contributed by atoms with Crippen molar-refractivity contribution >= 4 is 11.0 Å². The number of aromatic amines is 1. The Morgan fingerprint density at radius 2 is 2.27 bits per heavy atom. The van der Waals surface area contributed by atoms with E-state index in [4.69, 9.17) is 9.72 Å². The number of aliphatic hydroxyl groups is 1. The highest BCUT2D eigenvalue weighted by atomic mass is 16.5. The van der Waals surface area contributed by atoms with Crippen molar-refractivity contribution in [1.82, 2.24) is 14.5 Å². The van der Waals surface area contributed by atoms with E-state index >= 15 is 0 Å². The predicted octanol–water partition coefficient (Wildman–Crippen LogP) is 2.62. The monoisotopic (exact) mass is 353 g/mol. The van der Waals surface area contributed by atoms with Crippen molar-refractivity contribution in [2.45, 2.75) is 32.9 Å². The summed E-state index contributed by atoms with van der Waals surface area (Å²) in [6.07, 6.45) is 3.94. The predicted molar refractivity (Wildman–Crippen MR) is 100.0 cm³/mol. The Labute approximate surface area is 151 Å². The van der Waals surface area contributed by atoms with Gasteiger partial charge in [-0.2, -0.15) is 0 Å². The first-order chi connectivity index (χ1) is 12.7. The van der Waals surface area contributed by atoms with Gasteiger partial charge in [-0.1, -0.05) is 6.07 Å². The molecule has 26 heavy (non-hydrogen) atoms. The maximum atomic E-state index is 11.7. The summed E-state index contributed by atoms with van der Waals surface area (Å²) in [5.74, 6) is 1.28. The second-order valence-electron chi connectivity index (χ2n) is 7.01. The van der Waals surface area contributed by atoms with Gasteiger partial charge in [0, 0.05) is 36.4 Å². The fraction of sp³-hybridized carbons (Fsp3) is 0.400. The standard InChI is InChI=1S/C20H23N3O3/c1-13-7-16(9-21-20(13)25)19-22-17-8-14(11-24)4-5-18(17)23(19)10-15-3-2-6-26-12-15/h4-5,7-9,15,24H,2-3,6,10-12H2,1H3,(H,21,25). The number of aliphatic hydroxyl groups excluding tert-OH is 1. The number of rotatable bonds is 4. The van der Waals surface area contributed by atoms with Crippen LogP contribution < -0.4 is 5.56 Å². The molecule has 2 N–H and O–H groups in total.